The summed E-state index contributed by atoms with van der Waals surface area (Å²) in [6, 6.07) is 3.38. The number of aromatic nitrogens is 3. The van der Waals surface area contributed by atoms with E-state index in [1.807, 2.05) is 6.92 Å². The van der Waals surface area contributed by atoms with Crippen molar-refractivity contribution >= 4 is 22.8 Å². The van der Waals surface area contributed by atoms with Gasteiger partial charge < -0.3 is 20.4 Å². The fourth-order valence-corrected chi connectivity index (χ4v) is 5.42. The van der Waals surface area contributed by atoms with Gasteiger partial charge in [0.05, 0.1) is 23.3 Å². The Morgan fingerprint density at radius 3 is 2.58 bits per heavy atom. The number of nitrogens with zero attached hydrogens (tertiary/aromatic N) is 2. The second-order valence-electron chi connectivity index (χ2n) is 11.0. The molecule has 0 unspecified atom stereocenters. The van der Waals surface area contributed by atoms with Gasteiger partial charge in [-0.2, -0.15) is 13.2 Å². The van der Waals surface area contributed by atoms with Crippen LogP contribution >= 0.6 is 0 Å². The van der Waals surface area contributed by atoms with Gasteiger partial charge >= 0.3 is 6.18 Å². The van der Waals surface area contributed by atoms with E-state index in [1.165, 1.54) is 12.4 Å². The van der Waals surface area contributed by atoms with Crippen molar-refractivity contribution in [3.8, 4) is 17.0 Å². The number of rotatable bonds is 8. The van der Waals surface area contributed by atoms with Crippen molar-refractivity contribution in [3.05, 3.63) is 41.3 Å². The molecule has 0 spiro atoms. The van der Waals surface area contributed by atoms with Crippen LogP contribution in [0.1, 0.15) is 74.0 Å². The molecule has 3 N–H and O–H groups in total. The van der Waals surface area contributed by atoms with Crippen LogP contribution < -0.4 is 15.4 Å². The Balaban J connectivity index is 1.43. The van der Waals surface area contributed by atoms with E-state index in [0.717, 1.165) is 37.8 Å². The molecule has 0 radical (unpaired) electrons. The molecule has 2 heterocycles. The first kappa shape index (κ1) is 27.9. The number of ether oxygens (including phenoxy) is 1. The molecule has 11 heteroatoms. The Hall–Kier alpha value is -3.63. The summed E-state index contributed by atoms with van der Waals surface area (Å²) in [7, 11) is 0. The zero-order valence-corrected chi connectivity index (χ0v) is 22.8. The highest BCUT2D eigenvalue weighted by molar-refractivity contribution is 6.09. The van der Waals surface area contributed by atoms with E-state index in [2.05, 4.69) is 32.5 Å². The minimum atomic E-state index is -4.54. The number of halogens is 3. The van der Waals surface area contributed by atoms with Crippen LogP contribution in [0.5, 0.6) is 5.75 Å². The van der Waals surface area contributed by atoms with Crippen LogP contribution in [0.3, 0.4) is 0 Å². The van der Waals surface area contributed by atoms with E-state index in [1.54, 1.807) is 6.92 Å². The third-order valence-electron chi connectivity index (χ3n) is 7.90. The molecule has 214 valence electrons. The number of hydrogen-bond donors (Lipinski definition) is 3. The van der Waals surface area contributed by atoms with Gasteiger partial charge in [-0.1, -0.05) is 13.8 Å². The Morgan fingerprint density at radius 2 is 1.90 bits per heavy atom. The highest BCUT2D eigenvalue weighted by Gasteiger charge is 2.33. The van der Waals surface area contributed by atoms with Gasteiger partial charge in [0.1, 0.15) is 23.3 Å². The molecule has 0 bridgehead atoms. The number of H-pyrrole nitrogens is 1. The summed E-state index contributed by atoms with van der Waals surface area (Å²) in [4.78, 5) is 37.1. The second kappa shape index (κ2) is 11.1. The summed E-state index contributed by atoms with van der Waals surface area (Å²) in [5.74, 6) is 0.618. The summed E-state index contributed by atoms with van der Waals surface area (Å²) >= 11 is 0. The maximum atomic E-state index is 13.6. The van der Waals surface area contributed by atoms with Gasteiger partial charge in [-0.3, -0.25) is 9.59 Å². The topological polar surface area (TPSA) is 109 Å². The number of carbonyl (C=O) groups is 2. The molecule has 8 nitrogen and oxygen atoms in total. The van der Waals surface area contributed by atoms with Gasteiger partial charge in [0, 0.05) is 29.8 Å². The largest absolute Gasteiger partial charge is 0.493 e. The Labute approximate surface area is 230 Å². The molecule has 5 rings (SSSR count). The van der Waals surface area contributed by atoms with Crippen LogP contribution in [0.25, 0.3) is 22.3 Å². The summed E-state index contributed by atoms with van der Waals surface area (Å²) < 4.78 is 46.8. The molecule has 3 atom stereocenters. The number of alkyl halides is 3. The Bertz CT molecular complexity index is 1420. The summed E-state index contributed by atoms with van der Waals surface area (Å²) in [6.45, 7) is 6.04. The average molecular weight is 558 g/mol. The van der Waals surface area contributed by atoms with Crippen molar-refractivity contribution in [1.29, 1.82) is 0 Å². The second-order valence-corrected chi connectivity index (χ2v) is 11.0. The maximum absolute atomic E-state index is 13.6. The zero-order valence-electron chi connectivity index (χ0n) is 22.8. The van der Waals surface area contributed by atoms with Gasteiger partial charge in [0.15, 0.2) is 0 Å². The smallest absolute Gasteiger partial charge is 0.416 e. The number of hydrogen-bond acceptors (Lipinski definition) is 5. The molecule has 1 aromatic carbocycles. The third-order valence-corrected chi connectivity index (χ3v) is 7.90. The molecule has 2 aromatic heterocycles. The molecule has 2 aliphatic rings. The van der Waals surface area contributed by atoms with Crippen molar-refractivity contribution in [2.24, 2.45) is 11.8 Å². The maximum Gasteiger partial charge on any atom is 0.416 e. The number of aromatic amines is 1. The van der Waals surface area contributed by atoms with E-state index in [0.29, 0.717) is 53.4 Å². The number of carbonyl (C=O) groups excluding carboxylic acids is 2. The first-order chi connectivity index (χ1) is 19.0. The normalized spacial score (nSPS) is 21.3. The van der Waals surface area contributed by atoms with Crippen LogP contribution in [0.2, 0.25) is 0 Å². The quantitative estimate of drug-likeness (QED) is 0.336. The lowest BCUT2D eigenvalue weighted by molar-refractivity contribution is -0.137. The van der Waals surface area contributed by atoms with Crippen LogP contribution in [0.4, 0.5) is 13.2 Å². The van der Waals surface area contributed by atoms with Gasteiger partial charge in [0.2, 0.25) is 5.91 Å². The third kappa shape index (κ3) is 5.93. The summed E-state index contributed by atoms with van der Waals surface area (Å²) in [5.41, 5.74) is 1.21. The zero-order chi connectivity index (χ0) is 28.6. The predicted molar refractivity (Wildman–Crippen MR) is 144 cm³/mol. The standard InChI is InChI=1S/C29H34F3N5O3/c1-4-23(38)37-21-9-8-19(11-15(21)2)36-28(39)24-16(3)35-27-25(33-14-34-26(24)27)20-12-18(29(30,31)32)7-10-22(20)40-13-17-5-6-17/h7,10,12,14-15,17,19,21,35H,4-6,8-9,11,13H2,1-3H3,(H,36,39)(H,37,38)/t15-,19-,21-/m1/s1. The predicted octanol–water partition coefficient (Wildman–Crippen LogP) is 5.55. The van der Waals surface area contributed by atoms with E-state index in [-0.39, 0.29) is 41.1 Å². The molecule has 0 aliphatic heterocycles. The molecular weight excluding hydrogens is 523 g/mol. The van der Waals surface area contributed by atoms with E-state index in [9.17, 15) is 22.8 Å². The summed E-state index contributed by atoms with van der Waals surface area (Å²) in [5, 5.41) is 6.16. The number of nitrogens with one attached hydrogen (secondary N) is 3. The number of fused-ring (bicyclic) bond motifs is 1. The monoisotopic (exact) mass is 557 g/mol. The van der Waals surface area contributed by atoms with Gasteiger partial charge in [-0.15, -0.1) is 0 Å². The summed E-state index contributed by atoms with van der Waals surface area (Å²) in [6.07, 6.45) is 1.42. The molecule has 2 saturated carbocycles. The van der Waals surface area contributed by atoms with Crippen LogP contribution in [0, 0.1) is 18.8 Å². The number of benzene rings is 1. The number of aryl methyl sites for hydroxylation is 1. The Morgan fingerprint density at radius 1 is 1.12 bits per heavy atom. The lowest BCUT2D eigenvalue weighted by Crippen LogP contribution is -2.48. The lowest BCUT2D eigenvalue weighted by atomic mass is 9.82. The van der Waals surface area contributed by atoms with Crippen molar-refractivity contribution in [1.82, 2.24) is 25.6 Å². The molecule has 40 heavy (non-hydrogen) atoms. The molecule has 0 saturated heterocycles. The molecule has 3 aromatic rings. The van der Waals surface area contributed by atoms with Crippen molar-refractivity contribution in [2.75, 3.05) is 6.61 Å². The van der Waals surface area contributed by atoms with Crippen molar-refractivity contribution in [3.63, 3.8) is 0 Å². The highest BCUT2D eigenvalue weighted by atomic mass is 19.4. The molecule has 2 aliphatic carbocycles. The van der Waals surface area contributed by atoms with Gasteiger partial charge in [-0.25, -0.2) is 9.97 Å². The van der Waals surface area contributed by atoms with E-state index < -0.39 is 11.7 Å². The van der Waals surface area contributed by atoms with Crippen LogP contribution in [-0.4, -0.2) is 45.5 Å². The minimum Gasteiger partial charge on any atom is -0.493 e. The van der Waals surface area contributed by atoms with Crippen molar-refractivity contribution < 1.29 is 27.5 Å². The average Bonchev–Trinajstić information content (AvgIpc) is 3.67. The van der Waals surface area contributed by atoms with Gasteiger partial charge in [0.25, 0.3) is 5.91 Å². The van der Waals surface area contributed by atoms with E-state index >= 15 is 0 Å². The first-order valence-corrected chi connectivity index (χ1v) is 13.8. The SMILES string of the molecule is CCC(=O)N[C@@H]1CC[C@@H](NC(=O)c2c(C)[nH]c3c(-c4cc(C(F)(F)F)ccc4OCC4CC4)ncnc23)C[C@H]1C. The molecular formula is C29H34F3N5O3. The van der Waals surface area contributed by atoms with E-state index in [4.69, 9.17) is 4.74 Å². The Kier molecular flexibility index (Phi) is 7.74. The minimum absolute atomic E-state index is 0.0195. The lowest BCUT2D eigenvalue weighted by Gasteiger charge is -2.35. The fourth-order valence-electron chi connectivity index (χ4n) is 5.42. The highest BCUT2D eigenvalue weighted by Crippen LogP contribution is 2.40. The van der Waals surface area contributed by atoms with Crippen molar-refractivity contribution in [2.45, 2.75) is 77.6 Å². The van der Waals surface area contributed by atoms with Gasteiger partial charge in [-0.05, 0) is 69.1 Å². The van der Waals surface area contributed by atoms with Crippen LogP contribution in [-0.2, 0) is 11.0 Å². The first-order valence-electron chi connectivity index (χ1n) is 13.8. The molecule has 2 amide bonds. The van der Waals surface area contributed by atoms with Crippen LogP contribution in [0.15, 0.2) is 24.5 Å². The fraction of sp³-hybridized carbons (Fsp3) is 0.517. The number of amides is 2. The molecule has 2 fully saturated rings.